The minimum absolute atomic E-state index is 0.188. The molecule has 0 aliphatic carbocycles. The average Bonchev–Trinajstić information content (AvgIpc) is 1.98. The van der Waals surface area contributed by atoms with Crippen LogP contribution in [0, 0.1) is 5.92 Å². The zero-order valence-corrected chi connectivity index (χ0v) is 7.33. The van der Waals surface area contributed by atoms with Crippen LogP contribution >= 0.6 is 0 Å². The molecule has 0 bridgehead atoms. The maximum Gasteiger partial charge on any atom is 0.308 e. The van der Waals surface area contributed by atoms with Crippen LogP contribution in [0.3, 0.4) is 0 Å². The molecule has 0 fully saturated rings. The van der Waals surface area contributed by atoms with Gasteiger partial charge in [0.05, 0.1) is 12.0 Å². The number of carboxylic acids is 1. The van der Waals surface area contributed by atoms with Gasteiger partial charge in [-0.15, -0.1) is 0 Å². The van der Waals surface area contributed by atoms with Gasteiger partial charge in [0.25, 0.3) is 0 Å². The smallest absolute Gasteiger partial charge is 0.308 e. The highest BCUT2D eigenvalue weighted by Gasteiger charge is 2.18. The van der Waals surface area contributed by atoms with Gasteiger partial charge < -0.3 is 9.84 Å². The molecule has 2 atom stereocenters. The molecule has 0 saturated carbocycles. The van der Waals surface area contributed by atoms with Crippen LogP contribution in [0.15, 0.2) is 0 Å². The highest BCUT2D eigenvalue weighted by molar-refractivity contribution is 5.70. The molecule has 11 heavy (non-hydrogen) atoms. The first-order valence-electron chi connectivity index (χ1n) is 3.94. The number of hydrogen-bond acceptors (Lipinski definition) is 2. The summed E-state index contributed by atoms with van der Waals surface area (Å²) in [7, 11) is 0. The lowest BCUT2D eigenvalue weighted by Gasteiger charge is -2.15. The van der Waals surface area contributed by atoms with E-state index in [0.717, 1.165) is 6.42 Å². The largest absolute Gasteiger partial charge is 0.481 e. The second kappa shape index (κ2) is 5.13. The zero-order valence-electron chi connectivity index (χ0n) is 7.33. The fraction of sp³-hybridized carbons (Fsp3) is 0.875. The Morgan fingerprint density at radius 3 is 2.45 bits per heavy atom. The Hall–Kier alpha value is -0.570. The van der Waals surface area contributed by atoms with Crippen molar-refractivity contribution in [3.63, 3.8) is 0 Å². The van der Waals surface area contributed by atoms with Gasteiger partial charge in [0, 0.05) is 6.61 Å². The first-order chi connectivity index (χ1) is 5.09. The van der Waals surface area contributed by atoms with Gasteiger partial charge in [-0.05, 0) is 20.3 Å². The van der Waals surface area contributed by atoms with Crippen LogP contribution in [-0.2, 0) is 9.53 Å². The molecular weight excluding hydrogens is 144 g/mol. The lowest BCUT2D eigenvalue weighted by Crippen LogP contribution is -2.25. The number of hydrogen-bond donors (Lipinski definition) is 1. The Balaban J connectivity index is 3.63. The minimum atomic E-state index is -0.798. The van der Waals surface area contributed by atoms with Crippen LogP contribution in [-0.4, -0.2) is 23.8 Å². The van der Waals surface area contributed by atoms with E-state index in [-0.39, 0.29) is 6.10 Å². The number of carbonyl (C=O) groups is 1. The summed E-state index contributed by atoms with van der Waals surface area (Å²) in [5.74, 6) is -1.21. The molecule has 3 nitrogen and oxygen atoms in total. The van der Waals surface area contributed by atoms with E-state index >= 15 is 0 Å². The molecule has 0 aliphatic heterocycles. The lowest BCUT2D eigenvalue weighted by atomic mass is 10.1. The Bertz CT molecular complexity index is 123. The molecule has 0 aliphatic rings. The lowest BCUT2D eigenvalue weighted by molar-refractivity contribution is -0.146. The van der Waals surface area contributed by atoms with Crippen molar-refractivity contribution >= 4 is 5.97 Å². The number of ether oxygens (including phenoxy) is 1. The number of carboxylic acid groups (broad SMARTS) is 1. The van der Waals surface area contributed by atoms with Gasteiger partial charge >= 0.3 is 5.97 Å². The third kappa shape index (κ3) is 3.98. The third-order valence-electron chi connectivity index (χ3n) is 1.68. The van der Waals surface area contributed by atoms with Crippen LogP contribution < -0.4 is 0 Å². The van der Waals surface area contributed by atoms with Crippen LogP contribution in [0.2, 0.25) is 0 Å². The fourth-order valence-corrected chi connectivity index (χ4v) is 0.649. The van der Waals surface area contributed by atoms with Gasteiger partial charge in [-0.25, -0.2) is 0 Å². The summed E-state index contributed by atoms with van der Waals surface area (Å²) in [5, 5.41) is 8.57. The fourth-order valence-electron chi connectivity index (χ4n) is 0.649. The van der Waals surface area contributed by atoms with Gasteiger partial charge in [-0.1, -0.05) is 6.92 Å². The Morgan fingerprint density at radius 1 is 1.55 bits per heavy atom. The SMILES string of the molecule is CCCO[C@@H](C)[C@@H](C)C(=O)O. The van der Waals surface area contributed by atoms with Crippen molar-refractivity contribution in [1.82, 2.24) is 0 Å². The van der Waals surface area contributed by atoms with Crippen molar-refractivity contribution in [3.8, 4) is 0 Å². The van der Waals surface area contributed by atoms with E-state index < -0.39 is 11.9 Å². The Kier molecular flexibility index (Phi) is 4.86. The molecule has 0 radical (unpaired) electrons. The molecule has 0 heterocycles. The van der Waals surface area contributed by atoms with Gasteiger partial charge in [-0.3, -0.25) is 4.79 Å². The van der Waals surface area contributed by atoms with Crippen molar-refractivity contribution in [2.24, 2.45) is 5.92 Å². The van der Waals surface area contributed by atoms with Gasteiger partial charge in [0.15, 0.2) is 0 Å². The van der Waals surface area contributed by atoms with Gasteiger partial charge in [0.1, 0.15) is 0 Å². The summed E-state index contributed by atoms with van der Waals surface area (Å²) in [6.07, 6.45) is 0.740. The molecule has 0 unspecified atom stereocenters. The molecule has 0 saturated heterocycles. The summed E-state index contributed by atoms with van der Waals surface area (Å²) in [6, 6.07) is 0. The standard InChI is InChI=1S/C8H16O3/c1-4-5-11-7(3)6(2)8(9)10/h6-7H,4-5H2,1-3H3,(H,9,10)/t6-,7+/m1/s1. The Morgan fingerprint density at radius 2 is 2.09 bits per heavy atom. The molecule has 0 aromatic carbocycles. The maximum atomic E-state index is 10.4. The van der Waals surface area contributed by atoms with E-state index in [2.05, 4.69) is 0 Å². The van der Waals surface area contributed by atoms with Crippen LogP contribution in [0.5, 0.6) is 0 Å². The molecule has 0 rings (SSSR count). The summed E-state index contributed by atoms with van der Waals surface area (Å²) < 4.78 is 5.23. The van der Waals surface area contributed by atoms with E-state index in [0.29, 0.717) is 6.61 Å². The molecule has 0 aromatic rings. The van der Waals surface area contributed by atoms with E-state index in [1.54, 1.807) is 13.8 Å². The molecule has 66 valence electrons. The number of aliphatic carboxylic acids is 1. The molecule has 0 aromatic heterocycles. The zero-order chi connectivity index (χ0) is 8.85. The monoisotopic (exact) mass is 160 g/mol. The normalized spacial score (nSPS) is 15.9. The van der Waals surface area contributed by atoms with Crippen molar-refractivity contribution in [1.29, 1.82) is 0 Å². The highest BCUT2D eigenvalue weighted by Crippen LogP contribution is 2.06. The minimum Gasteiger partial charge on any atom is -0.481 e. The van der Waals surface area contributed by atoms with Gasteiger partial charge in [0.2, 0.25) is 0 Å². The second-order valence-electron chi connectivity index (χ2n) is 2.70. The van der Waals surface area contributed by atoms with Gasteiger partial charge in [-0.2, -0.15) is 0 Å². The first-order valence-corrected chi connectivity index (χ1v) is 3.94. The Labute approximate surface area is 67.4 Å². The van der Waals surface area contributed by atoms with E-state index in [1.165, 1.54) is 0 Å². The quantitative estimate of drug-likeness (QED) is 0.663. The van der Waals surface area contributed by atoms with Crippen LogP contribution in [0.4, 0.5) is 0 Å². The predicted octanol–water partition coefficient (Wildman–Crippen LogP) is 1.52. The maximum absolute atomic E-state index is 10.4. The van der Waals surface area contributed by atoms with Crippen molar-refractivity contribution in [2.75, 3.05) is 6.61 Å². The summed E-state index contributed by atoms with van der Waals surface area (Å²) in [6.45, 7) is 6.08. The number of rotatable bonds is 5. The molecule has 3 heteroatoms. The molecule has 1 N–H and O–H groups in total. The average molecular weight is 160 g/mol. The van der Waals surface area contributed by atoms with E-state index in [4.69, 9.17) is 9.84 Å². The molecular formula is C8H16O3. The highest BCUT2D eigenvalue weighted by atomic mass is 16.5. The third-order valence-corrected chi connectivity index (χ3v) is 1.68. The van der Waals surface area contributed by atoms with Crippen LogP contribution in [0.1, 0.15) is 27.2 Å². The molecule has 0 spiro atoms. The van der Waals surface area contributed by atoms with Crippen LogP contribution in [0.25, 0.3) is 0 Å². The topological polar surface area (TPSA) is 46.5 Å². The first kappa shape index (κ1) is 10.4. The summed E-state index contributed by atoms with van der Waals surface area (Å²) in [4.78, 5) is 10.4. The van der Waals surface area contributed by atoms with E-state index in [1.807, 2.05) is 6.92 Å². The van der Waals surface area contributed by atoms with Crippen molar-refractivity contribution in [3.05, 3.63) is 0 Å². The second-order valence-corrected chi connectivity index (χ2v) is 2.70. The summed E-state index contributed by atoms with van der Waals surface area (Å²) in [5.41, 5.74) is 0. The van der Waals surface area contributed by atoms with Crippen molar-refractivity contribution < 1.29 is 14.6 Å². The van der Waals surface area contributed by atoms with Crippen molar-refractivity contribution in [2.45, 2.75) is 33.3 Å². The predicted molar refractivity (Wildman–Crippen MR) is 42.5 cm³/mol. The van der Waals surface area contributed by atoms with E-state index in [9.17, 15) is 4.79 Å². The molecule has 0 amide bonds. The summed E-state index contributed by atoms with van der Waals surface area (Å²) >= 11 is 0.